The topological polar surface area (TPSA) is 64.1 Å². The number of rotatable bonds is 2. The number of nitrogens with zero attached hydrogens (tertiary/aromatic N) is 2. The van der Waals surface area contributed by atoms with E-state index in [-0.39, 0.29) is 31.4 Å². The molecule has 1 aromatic heterocycles. The summed E-state index contributed by atoms with van der Waals surface area (Å²) in [5.41, 5.74) is 8.36. The van der Waals surface area contributed by atoms with Crippen LogP contribution in [0.1, 0.15) is 17.7 Å². The van der Waals surface area contributed by atoms with Crippen LogP contribution in [0.15, 0.2) is 6.20 Å². The third-order valence-corrected chi connectivity index (χ3v) is 2.58. The number of aliphatic hydroxyl groups is 1. The minimum Gasteiger partial charge on any atom is -0.394 e. The molecule has 0 spiro atoms. The highest BCUT2D eigenvalue weighted by molar-refractivity contribution is 5.85. The lowest BCUT2D eigenvalue weighted by Gasteiger charge is -2.18. The van der Waals surface area contributed by atoms with Crippen LogP contribution in [0.4, 0.5) is 0 Å². The van der Waals surface area contributed by atoms with Gasteiger partial charge in [0.1, 0.15) is 0 Å². The first-order chi connectivity index (χ1) is 6.31. The average molecular weight is 254 g/mol. The van der Waals surface area contributed by atoms with Crippen molar-refractivity contribution in [1.29, 1.82) is 0 Å². The summed E-state index contributed by atoms with van der Waals surface area (Å²) in [4.78, 5) is 0. The van der Waals surface area contributed by atoms with Crippen LogP contribution in [-0.2, 0) is 19.4 Å². The van der Waals surface area contributed by atoms with Crippen LogP contribution in [0.2, 0.25) is 0 Å². The van der Waals surface area contributed by atoms with Crippen LogP contribution < -0.4 is 5.73 Å². The van der Waals surface area contributed by atoms with Crippen LogP contribution in [0.3, 0.4) is 0 Å². The Hall–Kier alpha value is -0.290. The Morgan fingerprint density at radius 3 is 2.93 bits per heavy atom. The number of hydrogen-bond acceptors (Lipinski definition) is 3. The molecule has 0 fully saturated rings. The lowest BCUT2D eigenvalue weighted by Crippen LogP contribution is -2.28. The van der Waals surface area contributed by atoms with E-state index in [1.54, 1.807) is 0 Å². The molecule has 6 heteroatoms. The fraction of sp³-hybridized carbons (Fsp3) is 0.667. The second kappa shape index (κ2) is 6.33. The molecule has 0 aromatic carbocycles. The molecule has 1 heterocycles. The maximum atomic E-state index is 8.81. The van der Waals surface area contributed by atoms with Crippen molar-refractivity contribution < 1.29 is 5.11 Å². The first-order valence-electron chi connectivity index (χ1n) is 4.71. The summed E-state index contributed by atoms with van der Waals surface area (Å²) in [7, 11) is 0. The van der Waals surface area contributed by atoms with Gasteiger partial charge < -0.3 is 10.8 Å². The molecule has 1 aliphatic carbocycles. The summed E-state index contributed by atoms with van der Waals surface area (Å²) in [5, 5.41) is 13.0. The Bertz CT molecular complexity index is 290. The van der Waals surface area contributed by atoms with E-state index in [1.165, 1.54) is 11.3 Å². The number of hydrogen-bond donors (Lipinski definition) is 2. The Labute approximate surface area is 102 Å². The highest BCUT2D eigenvalue weighted by Crippen LogP contribution is 2.19. The van der Waals surface area contributed by atoms with Gasteiger partial charge in [-0.05, 0) is 24.8 Å². The van der Waals surface area contributed by atoms with Crippen molar-refractivity contribution >= 4 is 24.8 Å². The fourth-order valence-electron chi connectivity index (χ4n) is 1.90. The molecule has 1 aromatic rings. The maximum absolute atomic E-state index is 8.81. The Balaban J connectivity index is 0.000000980. The van der Waals surface area contributed by atoms with Crippen LogP contribution >= 0.6 is 24.8 Å². The van der Waals surface area contributed by atoms with Gasteiger partial charge in [-0.15, -0.1) is 24.8 Å². The Morgan fingerprint density at radius 2 is 2.27 bits per heavy atom. The van der Waals surface area contributed by atoms with E-state index in [1.807, 2.05) is 10.9 Å². The standard InChI is InChI=1S/C9H15N3O.2ClH/c10-8-1-2-9-7(5-8)6-11-12(9)3-4-13;;/h6,8,13H,1-5,10H2;2*1H. The van der Waals surface area contributed by atoms with Crippen molar-refractivity contribution in [3.8, 4) is 0 Å². The van der Waals surface area contributed by atoms with Gasteiger partial charge in [0.15, 0.2) is 0 Å². The zero-order valence-electron chi connectivity index (χ0n) is 8.43. The zero-order chi connectivity index (χ0) is 9.26. The van der Waals surface area contributed by atoms with E-state index >= 15 is 0 Å². The van der Waals surface area contributed by atoms with Crippen molar-refractivity contribution in [2.24, 2.45) is 5.73 Å². The van der Waals surface area contributed by atoms with E-state index < -0.39 is 0 Å². The molecule has 0 amide bonds. The molecule has 0 saturated heterocycles. The minimum atomic E-state index is 0. The molecule has 1 aliphatic rings. The lowest BCUT2D eigenvalue weighted by molar-refractivity contribution is 0.266. The summed E-state index contributed by atoms with van der Waals surface area (Å²) < 4.78 is 1.89. The van der Waals surface area contributed by atoms with Crippen molar-refractivity contribution in [3.63, 3.8) is 0 Å². The van der Waals surface area contributed by atoms with Gasteiger partial charge >= 0.3 is 0 Å². The summed E-state index contributed by atoms with van der Waals surface area (Å²) in [5.74, 6) is 0. The fourth-order valence-corrected chi connectivity index (χ4v) is 1.90. The molecule has 15 heavy (non-hydrogen) atoms. The monoisotopic (exact) mass is 253 g/mol. The highest BCUT2D eigenvalue weighted by atomic mass is 35.5. The molecule has 0 bridgehead atoms. The molecular weight excluding hydrogens is 237 g/mol. The SMILES string of the molecule is Cl.Cl.NC1CCc2c(cnn2CCO)C1. The van der Waals surface area contributed by atoms with Crippen molar-refractivity contribution in [1.82, 2.24) is 9.78 Å². The highest BCUT2D eigenvalue weighted by Gasteiger charge is 2.19. The van der Waals surface area contributed by atoms with E-state index in [9.17, 15) is 0 Å². The van der Waals surface area contributed by atoms with E-state index in [0.29, 0.717) is 12.6 Å². The first-order valence-corrected chi connectivity index (χ1v) is 4.71. The van der Waals surface area contributed by atoms with Crippen molar-refractivity contribution in [2.75, 3.05) is 6.61 Å². The van der Waals surface area contributed by atoms with Gasteiger partial charge in [0.2, 0.25) is 0 Å². The third-order valence-electron chi connectivity index (χ3n) is 2.58. The predicted molar refractivity (Wildman–Crippen MR) is 63.8 cm³/mol. The van der Waals surface area contributed by atoms with Crippen LogP contribution in [0.5, 0.6) is 0 Å². The van der Waals surface area contributed by atoms with Gasteiger partial charge in [0.25, 0.3) is 0 Å². The predicted octanol–water partition coefficient (Wildman–Crippen LogP) is 0.535. The summed E-state index contributed by atoms with van der Waals surface area (Å²) in [6.07, 6.45) is 4.84. The first kappa shape index (κ1) is 14.7. The number of halogens is 2. The average Bonchev–Trinajstić information content (AvgIpc) is 2.49. The number of aromatic nitrogens is 2. The van der Waals surface area contributed by atoms with E-state index in [0.717, 1.165) is 19.3 Å². The molecule has 88 valence electrons. The number of aliphatic hydroxyl groups excluding tert-OH is 1. The molecule has 0 saturated carbocycles. The molecule has 0 radical (unpaired) electrons. The van der Waals surface area contributed by atoms with Crippen LogP contribution in [0, 0.1) is 0 Å². The second-order valence-corrected chi connectivity index (χ2v) is 3.57. The van der Waals surface area contributed by atoms with Crippen molar-refractivity contribution in [2.45, 2.75) is 31.8 Å². The summed E-state index contributed by atoms with van der Waals surface area (Å²) >= 11 is 0. The summed E-state index contributed by atoms with van der Waals surface area (Å²) in [6, 6.07) is 0.291. The smallest absolute Gasteiger partial charge is 0.0644 e. The molecule has 0 aliphatic heterocycles. The van der Waals surface area contributed by atoms with Gasteiger partial charge in [0.05, 0.1) is 19.3 Å². The molecular formula is C9H17Cl2N3O. The quantitative estimate of drug-likeness (QED) is 0.809. The van der Waals surface area contributed by atoms with Crippen LogP contribution in [0.25, 0.3) is 0 Å². The van der Waals surface area contributed by atoms with Gasteiger partial charge in [-0.3, -0.25) is 4.68 Å². The maximum Gasteiger partial charge on any atom is 0.0644 e. The largest absolute Gasteiger partial charge is 0.394 e. The molecule has 4 nitrogen and oxygen atoms in total. The van der Waals surface area contributed by atoms with Crippen LogP contribution in [-0.4, -0.2) is 27.5 Å². The number of nitrogens with two attached hydrogens (primary N) is 1. The molecule has 1 unspecified atom stereocenters. The number of fused-ring (bicyclic) bond motifs is 1. The lowest BCUT2D eigenvalue weighted by atomic mass is 9.94. The second-order valence-electron chi connectivity index (χ2n) is 3.57. The zero-order valence-corrected chi connectivity index (χ0v) is 10.1. The van der Waals surface area contributed by atoms with Gasteiger partial charge in [0, 0.05) is 11.7 Å². The molecule has 3 N–H and O–H groups in total. The normalized spacial score (nSPS) is 18.7. The molecule has 2 rings (SSSR count). The minimum absolute atomic E-state index is 0. The van der Waals surface area contributed by atoms with Gasteiger partial charge in [-0.2, -0.15) is 5.10 Å². The van der Waals surface area contributed by atoms with E-state index in [4.69, 9.17) is 10.8 Å². The third kappa shape index (κ3) is 3.08. The van der Waals surface area contributed by atoms with Gasteiger partial charge in [-0.1, -0.05) is 0 Å². The summed E-state index contributed by atoms with van der Waals surface area (Å²) in [6.45, 7) is 0.755. The van der Waals surface area contributed by atoms with E-state index in [2.05, 4.69) is 5.10 Å². The Morgan fingerprint density at radius 1 is 1.53 bits per heavy atom. The van der Waals surface area contributed by atoms with Gasteiger partial charge in [-0.25, -0.2) is 0 Å². The van der Waals surface area contributed by atoms with Crippen molar-refractivity contribution in [3.05, 3.63) is 17.5 Å². The molecule has 1 atom stereocenters. The Kier molecular flexibility index (Phi) is 6.20.